The molecule has 3 aromatic rings. The van der Waals surface area contributed by atoms with Crippen LogP contribution < -0.4 is 10.1 Å². The number of anilines is 1. The molecule has 33 heavy (non-hydrogen) atoms. The lowest BCUT2D eigenvalue weighted by molar-refractivity contribution is -0.384. The molecule has 0 bridgehead atoms. The van der Waals surface area contributed by atoms with Crippen molar-refractivity contribution in [1.82, 2.24) is 0 Å². The molecular formula is C22H16N4O7. The predicted octanol–water partition coefficient (Wildman–Crippen LogP) is 4.63. The number of aryl methyl sites for hydroxylation is 1. The van der Waals surface area contributed by atoms with Crippen LogP contribution in [0.2, 0.25) is 0 Å². The number of carbonyl (C=O) groups is 1. The van der Waals surface area contributed by atoms with Gasteiger partial charge in [0.25, 0.3) is 17.3 Å². The lowest BCUT2D eigenvalue weighted by atomic mass is 10.1. The molecule has 11 nitrogen and oxygen atoms in total. The summed E-state index contributed by atoms with van der Waals surface area (Å²) in [4.78, 5) is 33.8. The molecule has 0 unspecified atom stereocenters. The molecular weight excluding hydrogens is 432 g/mol. The number of hydrogen-bond donors (Lipinski definition) is 1. The molecule has 2 aromatic carbocycles. The number of non-ortho nitro benzene ring substituents is 1. The van der Waals surface area contributed by atoms with Gasteiger partial charge in [-0.2, -0.15) is 5.26 Å². The number of ether oxygens (including phenoxy) is 1. The van der Waals surface area contributed by atoms with Crippen molar-refractivity contribution in [2.24, 2.45) is 0 Å². The van der Waals surface area contributed by atoms with Crippen molar-refractivity contribution in [1.29, 1.82) is 5.26 Å². The van der Waals surface area contributed by atoms with Gasteiger partial charge in [-0.15, -0.1) is 0 Å². The first-order valence-electron chi connectivity index (χ1n) is 9.34. The Labute approximate surface area is 186 Å². The molecule has 0 radical (unpaired) electrons. The van der Waals surface area contributed by atoms with Crippen LogP contribution in [-0.4, -0.2) is 22.9 Å². The van der Waals surface area contributed by atoms with E-state index in [4.69, 9.17) is 9.15 Å². The van der Waals surface area contributed by atoms with Gasteiger partial charge < -0.3 is 14.5 Å². The normalized spacial score (nSPS) is 10.9. The smallest absolute Gasteiger partial charge is 0.284 e. The van der Waals surface area contributed by atoms with Crippen LogP contribution in [0.25, 0.3) is 17.4 Å². The minimum Gasteiger partial charge on any atom is -0.497 e. The second-order valence-corrected chi connectivity index (χ2v) is 6.72. The average molecular weight is 448 g/mol. The zero-order valence-electron chi connectivity index (χ0n) is 17.4. The summed E-state index contributed by atoms with van der Waals surface area (Å²) >= 11 is 0. The van der Waals surface area contributed by atoms with E-state index in [9.17, 15) is 30.3 Å². The molecule has 3 rings (SSSR count). The van der Waals surface area contributed by atoms with Gasteiger partial charge in [-0.1, -0.05) is 6.07 Å². The van der Waals surface area contributed by atoms with E-state index in [1.807, 2.05) is 0 Å². The number of carbonyl (C=O) groups excluding carboxylic acids is 1. The Kier molecular flexibility index (Phi) is 6.49. The molecule has 0 aliphatic carbocycles. The lowest BCUT2D eigenvalue weighted by Crippen LogP contribution is -2.14. The zero-order chi connectivity index (χ0) is 24.1. The highest BCUT2D eigenvalue weighted by Gasteiger charge is 2.20. The van der Waals surface area contributed by atoms with Gasteiger partial charge in [0.2, 0.25) is 0 Å². The second-order valence-electron chi connectivity index (χ2n) is 6.72. The lowest BCUT2D eigenvalue weighted by Gasteiger charge is -2.07. The zero-order valence-corrected chi connectivity index (χ0v) is 17.4. The quantitative estimate of drug-likeness (QED) is 0.237. The van der Waals surface area contributed by atoms with Gasteiger partial charge in [-0.05, 0) is 36.8 Å². The molecule has 11 heteroatoms. The summed E-state index contributed by atoms with van der Waals surface area (Å²) < 4.78 is 10.6. The van der Waals surface area contributed by atoms with Gasteiger partial charge in [-0.3, -0.25) is 25.0 Å². The first-order chi connectivity index (χ1) is 15.7. The van der Waals surface area contributed by atoms with Crippen molar-refractivity contribution in [3.8, 4) is 23.1 Å². The minimum absolute atomic E-state index is 0.109. The summed E-state index contributed by atoms with van der Waals surface area (Å²) in [7, 11) is 1.39. The van der Waals surface area contributed by atoms with E-state index in [0.29, 0.717) is 11.3 Å². The van der Waals surface area contributed by atoms with Crippen LogP contribution in [0.3, 0.4) is 0 Å². The third-order valence-corrected chi connectivity index (χ3v) is 4.63. The highest BCUT2D eigenvalue weighted by Crippen LogP contribution is 2.34. The summed E-state index contributed by atoms with van der Waals surface area (Å²) in [6.45, 7) is 1.65. The van der Waals surface area contributed by atoms with Crippen molar-refractivity contribution < 1.29 is 23.8 Å². The fraction of sp³-hybridized carbons (Fsp3) is 0.0909. The Balaban J connectivity index is 1.89. The minimum atomic E-state index is -0.797. The van der Waals surface area contributed by atoms with E-state index in [1.54, 1.807) is 13.0 Å². The number of rotatable bonds is 7. The van der Waals surface area contributed by atoms with Crippen LogP contribution >= 0.6 is 0 Å². The Hall–Kier alpha value is -4.98. The molecule has 0 spiro atoms. The molecule has 0 aliphatic heterocycles. The monoisotopic (exact) mass is 448 g/mol. The topological polar surface area (TPSA) is 162 Å². The standard InChI is InChI=1S/C22H16N4O7/c1-13-3-4-15(25(28)29)10-19(13)24-22(27)14(12-23)9-17-6-8-21(33-17)18-7-5-16(32-2)11-20(18)26(30)31/h3-11H,1-2H3,(H,24,27)/b14-9+. The molecule has 0 fully saturated rings. The van der Waals surface area contributed by atoms with Crippen LogP contribution in [0.15, 0.2) is 58.5 Å². The number of nitro groups is 2. The largest absolute Gasteiger partial charge is 0.497 e. The molecule has 0 aliphatic rings. The summed E-state index contributed by atoms with van der Waals surface area (Å²) in [5.74, 6) is -0.230. The third kappa shape index (κ3) is 5.02. The average Bonchev–Trinajstić information content (AvgIpc) is 3.26. The number of nitriles is 1. The van der Waals surface area contributed by atoms with Crippen molar-refractivity contribution in [2.45, 2.75) is 6.92 Å². The van der Waals surface area contributed by atoms with Gasteiger partial charge in [-0.25, -0.2) is 0 Å². The summed E-state index contributed by atoms with van der Waals surface area (Å²) in [5, 5.41) is 34.3. The van der Waals surface area contributed by atoms with Gasteiger partial charge in [0.1, 0.15) is 28.9 Å². The molecule has 1 heterocycles. The number of furan rings is 1. The van der Waals surface area contributed by atoms with Crippen LogP contribution in [0.4, 0.5) is 17.1 Å². The molecule has 1 N–H and O–H groups in total. The van der Waals surface area contributed by atoms with Gasteiger partial charge >= 0.3 is 0 Å². The fourth-order valence-electron chi connectivity index (χ4n) is 2.91. The predicted molar refractivity (Wildman–Crippen MR) is 117 cm³/mol. The van der Waals surface area contributed by atoms with Crippen LogP contribution in [0, 0.1) is 38.5 Å². The van der Waals surface area contributed by atoms with Gasteiger partial charge in [0, 0.05) is 18.2 Å². The first kappa shape index (κ1) is 22.7. The third-order valence-electron chi connectivity index (χ3n) is 4.63. The van der Waals surface area contributed by atoms with E-state index >= 15 is 0 Å². The molecule has 0 saturated carbocycles. The molecule has 0 saturated heterocycles. The van der Waals surface area contributed by atoms with Gasteiger partial charge in [0.05, 0.1) is 34.3 Å². The Bertz CT molecular complexity index is 1330. The Morgan fingerprint density at radius 1 is 1.12 bits per heavy atom. The van der Waals surface area contributed by atoms with E-state index in [0.717, 1.165) is 0 Å². The maximum Gasteiger partial charge on any atom is 0.284 e. The number of methoxy groups -OCH3 is 1. The number of nitrogens with zero attached hydrogens (tertiary/aromatic N) is 3. The number of nitrogens with one attached hydrogen (secondary N) is 1. The summed E-state index contributed by atoms with van der Waals surface area (Å²) in [5.41, 5.74) is 0.165. The Morgan fingerprint density at radius 3 is 2.52 bits per heavy atom. The van der Waals surface area contributed by atoms with E-state index < -0.39 is 15.8 Å². The summed E-state index contributed by atoms with van der Waals surface area (Å²) in [6, 6.07) is 12.9. The van der Waals surface area contributed by atoms with E-state index in [1.165, 1.54) is 61.7 Å². The Morgan fingerprint density at radius 2 is 1.88 bits per heavy atom. The molecule has 166 valence electrons. The maximum atomic E-state index is 12.6. The summed E-state index contributed by atoms with van der Waals surface area (Å²) in [6.07, 6.45) is 1.17. The van der Waals surface area contributed by atoms with Crippen LogP contribution in [0.1, 0.15) is 11.3 Å². The second kappa shape index (κ2) is 9.44. The van der Waals surface area contributed by atoms with Crippen molar-refractivity contribution >= 4 is 29.0 Å². The van der Waals surface area contributed by atoms with E-state index in [2.05, 4.69) is 5.32 Å². The first-order valence-corrected chi connectivity index (χ1v) is 9.34. The van der Waals surface area contributed by atoms with Crippen molar-refractivity contribution in [3.63, 3.8) is 0 Å². The number of hydrogen-bond acceptors (Lipinski definition) is 8. The fourth-order valence-corrected chi connectivity index (χ4v) is 2.91. The number of benzene rings is 2. The van der Waals surface area contributed by atoms with Gasteiger partial charge in [0.15, 0.2) is 0 Å². The van der Waals surface area contributed by atoms with Crippen molar-refractivity contribution in [3.05, 3.63) is 85.7 Å². The number of nitro benzene ring substituents is 2. The molecule has 1 aromatic heterocycles. The number of amides is 1. The van der Waals surface area contributed by atoms with E-state index in [-0.39, 0.29) is 39.7 Å². The highest BCUT2D eigenvalue weighted by atomic mass is 16.6. The molecule has 0 atom stereocenters. The SMILES string of the molecule is COc1ccc(-c2ccc(/C=C(\C#N)C(=O)Nc3cc([N+](=O)[O-])ccc3C)o2)c([N+](=O)[O-])c1. The highest BCUT2D eigenvalue weighted by molar-refractivity contribution is 6.09. The maximum absolute atomic E-state index is 12.6. The van der Waals surface area contributed by atoms with Crippen molar-refractivity contribution in [2.75, 3.05) is 12.4 Å². The molecule has 1 amide bonds. The van der Waals surface area contributed by atoms with Crippen LogP contribution in [-0.2, 0) is 4.79 Å². The van der Waals surface area contributed by atoms with Crippen LogP contribution in [0.5, 0.6) is 5.75 Å².